The van der Waals surface area contributed by atoms with Gasteiger partial charge in [0.1, 0.15) is 12.4 Å². The van der Waals surface area contributed by atoms with Crippen LogP contribution in [0, 0.1) is 0 Å². The van der Waals surface area contributed by atoms with Gasteiger partial charge in [0.15, 0.2) is 0 Å². The summed E-state index contributed by atoms with van der Waals surface area (Å²) in [6.07, 6.45) is 1.10. The minimum atomic E-state index is 0.387. The number of hydrogen-bond donors (Lipinski definition) is 1. The van der Waals surface area contributed by atoms with Gasteiger partial charge in [-0.15, -0.1) is 11.3 Å². The smallest absolute Gasteiger partial charge is 0.122 e. The van der Waals surface area contributed by atoms with Crippen LogP contribution in [0.4, 0.5) is 0 Å². The summed E-state index contributed by atoms with van der Waals surface area (Å²) >= 11 is 1.83. The molecule has 1 heterocycles. The van der Waals surface area contributed by atoms with Crippen LogP contribution in [0.15, 0.2) is 36.4 Å². The second-order valence-corrected chi connectivity index (χ2v) is 6.11. The van der Waals surface area contributed by atoms with Gasteiger partial charge in [-0.05, 0) is 49.7 Å². The fraction of sp³-hybridized carbons (Fsp3) is 0.412. The molecule has 0 fully saturated rings. The summed E-state index contributed by atoms with van der Waals surface area (Å²) in [7, 11) is 0. The van der Waals surface area contributed by atoms with Gasteiger partial charge in [-0.1, -0.05) is 26.0 Å². The molecule has 108 valence electrons. The minimum absolute atomic E-state index is 0.387. The molecule has 0 amide bonds. The van der Waals surface area contributed by atoms with Crippen LogP contribution in [0.25, 0.3) is 0 Å². The zero-order chi connectivity index (χ0) is 14.4. The molecule has 1 aromatic heterocycles. The van der Waals surface area contributed by atoms with Crippen molar-refractivity contribution in [1.82, 2.24) is 5.32 Å². The Labute approximate surface area is 125 Å². The maximum atomic E-state index is 5.83. The van der Waals surface area contributed by atoms with Crippen molar-refractivity contribution in [3.05, 3.63) is 51.7 Å². The highest BCUT2D eigenvalue weighted by Crippen LogP contribution is 2.21. The molecule has 0 bridgehead atoms. The number of ether oxygens (including phenoxy) is 1. The molecule has 0 radical (unpaired) electrons. The number of thiophene rings is 1. The lowest BCUT2D eigenvalue weighted by atomic mass is 10.1. The maximum absolute atomic E-state index is 5.83. The lowest BCUT2D eigenvalue weighted by Crippen LogP contribution is -2.17. The standard InChI is InChI=1S/C17H23NOS/c1-4-16-10-11-17(20-16)12-19-15-8-6-14(7-9-15)13(3)18-5-2/h6-11,13,18H,4-5,12H2,1-3H3. The molecule has 0 aliphatic heterocycles. The summed E-state index contributed by atoms with van der Waals surface area (Å²) in [6.45, 7) is 8.13. The van der Waals surface area contributed by atoms with E-state index in [4.69, 9.17) is 4.74 Å². The Kier molecular flexibility index (Phi) is 5.62. The molecule has 2 nitrogen and oxygen atoms in total. The van der Waals surface area contributed by atoms with Gasteiger partial charge in [0.2, 0.25) is 0 Å². The molecule has 20 heavy (non-hydrogen) atoms. The van der Waals surface area contributed by atoms with E-state index in [1.54, 1.807) is 0 Å². The number of aryl methyl sites for hydroxylation is 1. The molecule has 0 spiro atoms. The fourth-order valence-electron chi connectivity index (χ4n) is 2.12. The van der Waals surface area contributed by atoms with E-state index in [1.165, 1.54) is 15.3 Å². The quantitative estimate of drug-likeness (QED) is 0.806. The predicted octanol–water partition coefficient (Wildman–Crippen LogP) is 4.56. The lowest BCUT2D eigenvalue weighted by Gasteiger charge is -2.13. The molecule has 1 unspecified atom stereocenters. The molecule has 1 N–H and O–H groups in total. The van der Waals surface area contributed by atoms with E-state index in [-0.39, 0.29) is 0 Å². The van der Waals surface area contributed by atoms with Crippen LogP contribution in [0.5, 0.6) is 5.75 Å². The third kappa shape index (κ3) is 4.09. The first kappa shape index (κ1) is 15.1. The van der Waals surface area contributed by atoms with Crippen LogP contribution in [-0.4, -0.2) is 6.54 Å². The Bertz CT molecular complexity index is 518. The molecule has 2 aromatic rings. The highest BCUT2D eigenvalue weighted by Gasteiger charge is 2.04. The zero-order valence-electron chi connectivity index (χ0n) is 12.5. The van der Waals surface area contributed by atoms with Gasteiger partial charge >= 0.3 is 0 Å². The van der Waals surface area contributed by atoms with Gasteiger partial charge in [-0.25, -0.2) is 0 Å². The summed E-state index contributed by atoms with van der Waals surface area (Å²) in [5.74, 6) is 0.934. The molecule has 1 aromatic carbocycles. The van der Waals surface area contributed by atoms with E-state index in [0.29, 0.717) is 12.6 Å². The largest absolute Gasteiger partial charge is 0.488 e. The van der Waals surface area contributed by atoms with Crippen LogP contribution in [-0.2, 0) is 13.0 Å². The normalized spacial score (nSPS) is 12.3. The second-order valence-electron chi connectivity index (χ2n) is 4.86. The minimum Gasteiger partial charge on any atom is -0.488 e. The van der Waals surface area contributed by atoms with Crippen molar-refractivity contribution in [2.75, 3.05) is 6.54 Å². The Morgan fingerprint density at radius 3 is 2.35 bits per heavy atom. The fourth-order valence-corrected chi connectivity index (χ4v) is 2.99. The van der Waals surface area contributed by atoms with Crippen molar-refractivity contribution in [3.8, 4) is 5.75 Å². The molecule has 0 saturated heterocycles. The van der Waals surface area contributed by atoms with E-state index in [2.05, 4.69) is 62.5 Å². The van der Waals surface area contributed by atoms with Gasteiger partial charge < -0.3 is 10.1 Å². The molecular weight excluding hydrogens is 266 g/mol. The van der Waals surface area contributed by atoms with Crippen molar-refractivity contribution in [1.29, 1.82) is 0 Å². The predicted molar refractivity (Wildman–Crippen MR) is 86.6 cm³/mol. The topological polar surface area (TPSA) is 21.3 Å². The number of rotatable bonds is 7. The first-order chi connectivity index (χ1) is 9.72. The SMILES string of the molecule is CCNC(C)c1ccc(OCc2ccc(CC)s2)cc1. The van der Waals surface area contributed by atoms with Crippen LogP contribution in [0.1, 0.15) is 42.1 Å². The first-order valence-electron chi connectivity index (χ1n) is 7.26. The lowest BCUT2D eigenvalue weighted by molar-refractivity contribution is 0.309. The van der Waals surface area contributed by atoms with E-state index >= 15 is 0 Å². The molecule has 0 aliphatic rings. The van der Waals surface area contributed by atoms with Gasteiger partial charge in [0, 0.05) is 15.8 Å². The molecule has 2 rings (SSSR count). The van der Waals surface area contributed by atoms with Crippen molar-refractivity contribution >= 4 is 11.3 Å². The molecular formula is C17H23NOS. The van der Waals surface area contributed by atoms with Gasteiger partial charge in [-0.2, -0.15) is 0 Å². The third-order valence-corrected chi connectivity index (χ3v) is 4.54. The monoisotopic (exact) mass is 289 g/mol. The van der Waals surface area contributed by atoms with E-state index < -0.39 is 0 Å². The Morgan fingerprint density at radius 2 is 1.75 bits per heavy atom. The van der Waals surface area contributed by atoms with Crippen LogP contribution in [0.3, 0.4) is 0 Å². The average Bonchev–Trinajstić information content (AvgIpc) is 2.94. The number of nitrogens with one attached hydrogen (secondary N) is 1. The van der Waals surface area contributed by atoms with Crippen molar-refractivity contribution in [2.24, 2.45) is 0 Å². The van der Waals surface area contributed by atoms with E-state index in [0.717, 1.165) is 18.7 Å². The third-order valence-electron chi connectivity index (χ3n) is 3.34. The average molecular weight is 289 g/mol. The first-order valence-corrected chi connectivity index (χ1v) is 8.08. The van der Waals surface area contributed by atoms with Crippen molar-refractivity contribution in [2.45, 2.75) is 39.8 Å². The summed E-state index contributed by atoms with van der Waals surface area (Å²) in [5, 5.41) is 3.41. The summed E-state index contributed by atoms with van der Waals surface area (Å²) in [6, 6.07) is 13.1. The zero-order valence-corrected chi connectivity index (χ0v) is 13.3. The molecule has 0 aliphatic carbocycles. The van der Waals surface area contributed by atoms with Crippen LogP contribution < -0.4 is 10.1 Å². The van der Waals surface area contributed by atoms with Crippen molar-refractivity contribution in [3.63, 3.8) is 0 Å². The second kappa shape index (κ2) is 7.46. The summed E-state index contributed by atoms with van der Waals surface area (Å²) in [4.78, 5) is 2.70. The van der Waals surface area contributed by atoms with Crippen LogP contribution >= 0.6 is 11.3 Å². The van der Waals surface area contributed by atoms with Gasteiger partial charge in [-0.3, -0.25) is 0 Å². The van der Waals surface area contributed by atoms with E-state index in [1.807, 2.05) is 11.3 Å². The number of hydrogen-bond acceptors (Lipinski definition) is 3. The van der Waals surface area contributed by atoms with Crippen molar-refractivity contribution < 1.29 is 4.74 Å². The highest BCUT2D eigenvalue weighted by molar-refractivity contribution is 7.11. The maximum Gasteiger partial charge on any atom is 0.122 e. The summed E-state index contributed by atoms with van der Waals surface area (Å²) in [5.41, 5.74) is 1.29. The Balaban J connectivity index is 1.90. The summed E-state index contributed by atoms with van der Waals surface area (Å²) < 4.78 is 5.83. The molecule has 1 atom stereocenters. The Morgan fingerprint density at radius 1 is 1.05 bits per heavy atom. The van der Waals surface area contributed by atoms with Gasteiger partial charge in [0.25, 0.3) is 0 Å². The molecule has 3 heteroatoms. The number of benzene rings is 1. The Hall–Kier alpha value is -1.32. The van der Waals surface area contributed by atoms with Crippen LogP contribution in [0.2, 0.25) is 0 Å². The molecule has 0 saturated carbocycles. The van der Waals surface area contributed by atoms with Gasteiger partial charge in [0.05, 0.1) is 0 Å². The van der Waals surface area contributed by atoms with E-state index in [9.17, 15) is 0 Å². The highest BCUT2D eigenvalue weighted by atomic mass is 32.1.